The number of hydrazine groups is 1. The summed E-state index contributed by atoms with van der Waals surface area (Å²) in [6.45, 7) is 1.83. The molecule has 1 amide bonds. The normalized spacial score (nSPS) is 12.5. The number of rotatable bonds is 4. The van der Waals surface area contributed by atoms with Crippen molar-refractivity contribution in [3.63, 3.8) is 0 Å². The van der Waals surface area contributed by atoms with Crippen LogP contribution in [0.4, 0.5) is 0 Å². The summed E-state index contributed by atoms with van der Waals surface area (Å²) in [4.78, 5) is 15.2. The predicted octanol–water partition coefficient (Wildman–Crippen LogP) is 0.138. The summed E-state index contributed by atoms with van der Waals surface area (Å²) in [5, 5.41) is 0.904. The largest absolute Gasteiger partial charge is 0.329 e. The monoisotopic (exact) mass is 214 g/mol. The van der Waals surface area contributed by atoms with Crippen LogP contribution in [0.5, 0.6) is 0 Å². The molecular formula is C8H14N4OS. The Morgan fingerprint density at radius 2 is 2.57 bits per heavy atom. The molecule has 1 atom stereocenters. The van der Waals surface area contributed by atoms with Gasteiger partial charge in [-0.2, -0.15) is 0 Å². The second-order valence-electron chi connectivity index (χ2n) is 3.04. The maximum absolute atomic E-state index is 11.1. The van der Waals surface area contributed by atoms with Gasteiger partial charge in [0.15, 0.2) is 5.16 Å². The Bertz CT molecular complexity index is 312. The molecule has 1 rings (SSSR count). The third-order valence-corrected chi connectivity index (χ3v) is 3.15. The number of carbonyl (C=O) groups excluding carboxylic acids is 1. The standard InChI is InChI=1S/C8H14N4OS/c1-6(7(13)11-9)5-14-8-10-3-4-12(8)2/h3-4,6H,5,9H2,1-2H3,(H,11,13). The number of hydrogen-bond donors (Lipinski definition) is 2. The Balaban J connectivity index is 2.41. The highest BCUT2D eigenvalue weighted by Gasteiger charge is 2.12. The first-order valence-corrected chi connectivity index (χ1v) is 5.24. The molecule has 78 valence electrons. The summed E-state index contributed by atoms with van der Waals surface area (Å²) in [6, 6.07) is 0. The summed E-state index contributed by atoms with van der Waals surface area (Å²) in [5.74, 6) is 5.44. The van der Waals surface area contributed by atoms with Crippen LogP contribution in [0, 0.1) is 5.92 Å². The van der Waals surface area contributed by atoms with Crippen LogP contribution in [0.15, 0.2) is 17.6 Å². The van der Waals surface area contributed by atoms with Gasteiger partial charge in [-0.3, -0.25) is 10.2 Å². The SMILES string of the molecule is CC(CSc1nccn1C)C(=O)NN. The summed E-state index contributed by atoms with van der Waals surface area (Å²) in [6.07, 6.45) is 3.60. The van der Waals surface area contributed by atoms with E-state index in [1.807, 2.05) is 24.7 Å². The number of hydrogen-bond acceptors (Lipinski definition) is 4. The first kappa shape index (κ1) is 11.1. The summed E-state index contributed by atoms with van der Waals surface area (Å²) in [5.41, 5.74) is 2.13. The van der Waals surface area contributed by atoms with Crippen molar-refractivity contribution in [2.75, 3.05) is 5.75 Å². The van der Waals surface area contributed by atoms with E-state index < -0.39 is 0 Å². The lowest BCUT2D eigenvalue weighted by molar-refractivity contribution is -0.123. The van der Waals surface area contributed by atoms with Gasteiger partial charge < -0.3 is 4.57 Å². The van der Waals surface area contributed by atoms with Crippen LogP contribution in [0.1, 0.15) is 6.92 Å². The average molecular weight is 214 g/mol. The third-order valence-electron chi connectivity index (χ3n) is 1.83. The number of nitrogens with two attached hydrogens (primary N) is 1. The molecule has 0 radical (unpaired) electrons. The molecule has 0 aliphatic heterocycles. The molecule has 5 nitrogen and oxygen atoms in total. The number of aromatic nitrogens is 2. The van der Waals surface area contributed by atoms with Crippen molar-refractivity contribution >= 4 is 17.7 Å². The number of carbonyl (C=O) groups is 1. The topological polar surface area (TPSA) is 72.9 Å². The van der Waals surface area contributed by atoms with E-state index >= 15 is 0 Å². The van der Waals surface area contributed by atoms with Crippen molar-refractivity contribution < 1.29 is 4.79 Å². The molecule has 0 aromatic carbocycles. The zero-order valence-electron chi connectivity index (χ0n) is 8.23. The van der Waals surface area contributed by atoms with Crippen molar-refractivity contribution in [1.29, 1.82) is 0 Å². The fourth-order valence-electron chi connectivity index (χ4n) is 0.908. The van der Waals surface area contributed by atoms with Crippen molar-refractivity contribution in [2.24, 2.45) is 18.8 Å². The molecule has 0 fully saturated rings. The van der Waals surface area contributed by atoms with Crippen molar-refractivity contribution in [3.05, 3.63) is 12.4 Å². The van der Waals surface area contributed by atoms with Crippen LogP contribution in [-0.2, 0) is 11.8 Å². The second kappa shape index (κ2) is 5.02. The molecule has 0 saturated heterocycles. The van der Waals surface area contributed by atoms with Crippen LogP contribution in [-0.4, -0.2) is 21.2 Å². The Morgan fingerprint density at radius 1 is 1.86 bits per heavy atom. The van der Waals surface area contributed by atoms with Crippen molar-refractivity contribution in [1.82, 2.24) is 15.0 Å². The highest BCUT2D eigenvalue weighted by Crippen LogP contribution is 2.17. The lowest BCUT2D eigenvalue weighted by atomic mass is 10.2. The van der Waals surface area contributed by atoms with Gasteiger partial charge in [0.1, 0.15) is 0 Å². The highest BCUT2D eigenvalue weighted by atomic mass is 32.2. The minimum absolute atomic E-state index is 0.110. The molecule has 0 bridgehead atoms. The van der Waals surface area contributed by atoms with Crippen LogP contribution in [0.3, 0.4) is 0 Å². The molecule has 1 unspecified atom stereocenters. The second-order valence-corrected chi connectivity index (χ2v) is 4.03. The van der Waals surface area contributed by atoms with Gasteiger partial charge in [-0.15, -0.1) is 0 Å². The van der Waals surface area contributed by atoms with Gasteiger partial charge in [-0.1, -0.05) is 18.7 Å². The van der Waals surface area contributed by atoms with E-state index in [1.54, 1.807) is 18.0 Å². The lowest BCUT2D eigenvalue weighted by Crippen LogP contribution is -2.35. The highest BCUT2D eigenvalue weighted by molar-refractivity contribution is 7.99. The Labute approximate surface area is 87.0 Å². The molecule has 14 heavy (non-hydrogen) atoms. The number of nitrogens with zero attached hydrogens (tertiary/aromatic N) is 2. The zero-order chi connectivity index (χ0) is 10.6. The lowest BCUT2D eigenvalue weighted by Gasteiger charge is -2.08. The Morgan fingerprint density at radius 3 is 3.07 bits per heavy atom. The maximum Gasteiger partial charge on any atom is 0.237 e. The van der Waals surface area contributed by atoms with Gasteiger partial charge in [-0.05, 0) is 0 Å². The van der Waals surface area contributed by atoms with Crippen LogP contribution in [0.25, 0.3) is 0 Å². The summed E-state index contributed by atoms with van der Waals surface area (Å²) < 4.78 is 1.91. The van der Waals surface area contributed by atoms with Crippen LogP contribution >= 0.6 is 11.8 Å². The summed E-state index contributed by atoms with van der Waals surface area (Å²) in [7, 11) is 1.92. The number of nitrogens with one attached hydrogen (secondary N) is 1. The third kappa shape index (κ3) is 2.74. The van der Waals surface area contributed by atoms with E-state index in [2.05, 4.69) is 10.4 Å². The van der Waals surface area contributed by atoms with Gasteiger partial charge in [0, 0.05) is 31.1 Å². The quantitative estimate of drug-likeness (QED) is 0.323. The number of imidazole rings is 1. The summed E-state index contributed by atoms with van der Waals surface area (Å²) >= 11 is 1.54. The van der Waals surface area contributed by atoms with Gasteiger partial charge >= 0.3 is 0 Å². The van der Waals surface area contributed by atoms with E-state index in [4.69, 9.17) is 5.84 Å². The molecule has 1 heterocycles. The van der Waals surface area contributed by atoms with E-state index in [0.717, 1.165) is 5.16 Å². The molecule has 6 heteroatoms. The minimum atomic E-state index is -0.147. The molecule has 3 N–H and O–H groups in total. The molecule has 0 saturated carbocycles. The minimum Gasteiger partial charge on any atom is -0.329 e. The zero-order valence-corrected chi connectivity index (χ0v) is 9.04. The molecule has 0 aliphatic carbocycles. The Hall–Kier alpha value is -1.01. The molecule has 1 aromatic heterocycles. The van der Waals surface area contributed by atoms with E-state index in [0.29, 0.717) is 5.75 Å². The van der Waals surface area contributed by atoms with Gasteiger partial charge in [0.2, 0.25) is 5.91 Å². The van der Waals surface area contributed by atoms with Crippen LogP contribution in [0.2, 0.25) is 0 Å². The predicted molar refractivity (Wildman–Crippen MR) is 55.4 cm³/mol. The Kier molecular flexibility index (Phi) is 3.97. The van der Waals surface area contributed by atoms with Crippen LogP contribution < -0.4 is 11.3 Å². The van der Waals surface area contributed by atoms with Gasteiger partial charge in [-0.25, -0.2) is 10.8 Å². The number of thioether (sulfide) groups is 1. The number of amides is 1. The van der Waals surface area contributed by atoms with Gasteiger partial charge in [0.25, 0.3) is 0 Å². The first-order valence-electron chi connectivity index (χ1n) is 4.25. The van der Waals surface area contributed by atoms with Crippen molar-refractivity contribution in [2.45, 2.75) is 12.1 Å². The molecule has 1 aromatic rings. The fourth-order valence-corrected chi connectivity index (χ4v) is 1.86. The van der Waals surface area contributed by atoms with Crippen molar-refractivity contribution in [3.8, 4) is 0 Å². The smallest absolute Gasteiger partial charge is 0.237 e. The fraction of sp³-hybridized carbons (Fsp3) is 0.500. The molecule has 0 spiro atoms. The van der Waals surface area contributed by atoms with E-state index in [-0.39, 0.29) is 11.8 Å². The molecule has 0 aliphatic rings. The van der Waals surface area contributed by atoms with E-state index in [1.165, 1.54) is 0 Å². The first-order chi connectivity index (χ1) is 6.65. The van der Waals surface area contributed by atoms with Gasteiger partial charge in [0.05, 0.1) is 0 Å². The van der Waals surface area contributed by atoms with E-state index in [9.17, 15) is 4.79 Å². The number of aryl methyl sites for hydroxylation is 1. The maximum atomic E-state index is 11.1. The molecular weight excluding hydrogens is 200 g/mol. The average Bonchev–Trinajstić information content (AvgIpc) is 2.59.